The number of imide groups is 1. The fraction of sp³-hybridized carbons (Fsp3) is 0.211. The molecule has 0 aliphatic carbocycles. The van der Waals surface area contributed by atoms with E-state index in [1.165, 1.54) is 7.11 Å². The minimum Gasteiger partial charge on any atom is -0.497 e. The van der Waals surface area contributed by atoms with Gasteiger partial charge in [-0.25, -0.2) is 4.79 Å². The van der Waals surface area contributed by atoms with E-state index < -0.39 is 23.4 Å². The van der Waals surface area contributed by atoms with Gasteiger partial charge >= 0.3 is 6.03 Å². The minimum atomic E-state index is -1.30. The average Bonchev–Trinajstić information content (AvgIpc) is 2.86. The maximum absolute atomic E-state index is 12.9. The second-order valence-electron chi connectivity index (χ2n) is 6.24. The Morgan fingerprint density at radius 1 is 1.15 bits per heavy atom. The molecule has 1 fully saturated rings. The highest BCUT2D eigenvalue weighted by Gasteiger charge is 2.50. The highest BCUT2D eigenvalue weighted by Crippen LogP contribution is 2.30. The van der Waals surface area contributed by atoms with Gasteiger partial charge in [0.1, 0.15) is 11.3 Å². The summed E-state index contributed by atoms with van der Waals surface area (Å²) >= 11 is 0. The molecule has 1 aliphatic rings. The fourth-order valence-electron chi connectivity index (χ4n) is 2.82. The Hall–Kier alpha value is -3.35. The molecule has 7 nitrogen and oxygen atoms in total. The number of amides is 4. The number of ether oxygens (including phenoxy) is 1. The predicted molar refractivity (Wildman–Crippen MR) is 94.4 cm³/mol. The lowest BCUT2D eigenvalue weighted by Gasteiger charge is -2.22. The fourth-order valence-corrected chi connectivity index (χ4v) is 2.82. The van der Waals surface area contributed by atoms with Crippen molar-refractivity contribution in [3.63, 3.8) is 0 Å². The van der Waals surface area contributed by atoms with Crippen LogP contribution in [0.3, 0.4) is 0 Å². The molecular weight excluding hydrogens is 334 g/mol. The Bertz CT molecular complexity index is 896. The maximum atomic E-state index is 12.9. The minimum absolute atomic E-state index is 0.362. The van der Waals surface area contributed by atoms with Crippen LogP contribution in [0, 0.1) is 6.92 Å². The molecular formula is C19H19N3O4. The van der Waals surface area contributed by atoms with E-state index in [-0.39, 0.29) is 0 Å². The zero-order valence-corrected chi connectivity index (χ0v) is 14.7. The van der Waals surface area contributed by atoms with Gasteiger partial charge in [-0.15, -0.1) is 0 Å². The number of carbonyl (C=O) groups is 3. The number of hydrazine groups is 1. The topological polar surface area (TPSA) is 87.7 Å². The molecule has 0 saturated carbocycles. The molecule has 2 aromatic rings. The summed E-state index contributed by atoms with van der Waals surface area (Å²) in [4.78, 5) is 37.6. The first-order valence-corrected chi connectivity index (χ1v) is 8.04. The van der Waals surface area contributed by atoms with Crippen LogP contribution in [0.1, 0.15) is 28.4 Å². The van der Waals surface area contributed by atoms with E-state index in [2.05, 4.69) is 10.7 Å². The van der Waals surface area contributed by atoms with Crippen LogP contribution in [0.2, 0.25) is 0 Å². The quantitative estimate of drug-likeness (QED) is 0.824. The van der Waals surface area contributed by atoms with Crippen molar-refractivity contribution in [3.8, 4) is 5.75 Å². The zero-order chi connectivity index (χ0) is 18.9. The van der Waals surface area contributed by atoms with Crippen molar-refractivity contribution in [3.05, 3.63) is 65.2 Å². The van der Waals surface area contributed by atoms with Crippen LogP contribution in [0.4, 0.5) is 4.79 Å². The lowest BCUT2D eigenvalue weighted by Crippen LogP contribution is -2.47. The zero-order valence-electron chi connectivity index (χ0n) is 14.7. The van der Waals surface area contributed by atoms with Crippen molar-refractivity contribution in [1.82, 2.24) is 15.8 Å². The third-order valence-electron chi connectivity index (χ3n) is 4.33. The lowest BCUT2D eigenvalue weighted by molar-refractivity contribution is -0.132. The lowest BCUT2D eigenvalue weighted by atomic mass is 9.92. The molecule has 0 spiro atoms. The summed E-state index contributed by atoms with van der Waals surface area (Å²) in [5, 5.41) is 3.35. The van der Waals surface area contributed by atoms with Crippen molar-refractivity contribution in [2.45, 2.75) is 19.4 Å². The SMILES string of the molecule is COc1cccc([C@@]2(C)NC(=O)N(NC(=O)c3cccc(C)c3)C2=O)c1. The number of aryl methyl sites for hydroxylation is 1. The summed E-state index contributed by atoms with van der Waals surface area (Å²) in [5.41, 5.74) is 2.90. The molecule has 134 valence electrons. The Morgan fingerprint density at radius 2 is 1.88 bits per heavy atom. The third-order valence-corrected chi connectivity index (χ3v) is 4.33. The van der Waals surface area contributed by atoms with Gasteiger partial charge in [-0.05, 0) is 43.7 Å². The molecule has 1 saturated heterocycles. The number of carbonyl (C=O) groups excluding carboxylic acids is 3. The number of benzene rings is 2. The van der Waals surface area contributed by atoms with Crippen LogP contribution in [0.5, 0.6) is 5.75 Å². The third kappa shape index (κ3) is 2.99. The number of urea groups is 1. The van der Waals surface area contributed by atoms with Crippen molar-refractivity contribution in [1.29, 1.82) is 0 Å². The van der Waals surface area contributed by atoms with E-state index in [1.54, 1.807) is 49.4 Å². The van der Waals surface area contributed by atoms with Gasteiger partial charge in [0.05, 0.1) is 7.11 Å². The van der Waals surface area contributed by atoms with Gasteiger partial charge in [-0.3, -0.25) is 15.0 Å². The molecule has 1 atom stereocenters. The van der Waals surface area contributed by atoms with E-state index in [9.17, 15) is 14.4 Å². The Balaban J connectivity index is 1.85. The van der Waals surface area contributed by atoms with Gasteiger partial charge in [-0.1, -0.05) is 29.8 Å². The average molecular weight is 353 g/mol. The number of nitrogens with one attached hydrogen (secondary N) is 2. The van der Waals surface area contributed by atoms with E-state index >= 15 is 0 Å². The normalized spacial score (nSPS) is 19.3. The molecule has 1 heterocycles. The smallest absolute Gasteiger partial charge is 0.344 e. The van der Waals surface area contributed by atoms with Crippen LogP contribution in [-0.4, -0.2) is 30.0 Å². The molecule has 0 radical (unpaired) electrons. The highest BCUT2D eigenvalue weighted by atomic mass is 16.5. The second-order valence-corrected chi connectivity index (χ2v) is 6.24. The molecule has 7 heteroatoms. The van der Waals surface area contributed by atoms with Crippen molar-refractivity contribution < 1.29 is 19.1 Å². The van der Waals surface area contributed by atoms with Crippen LogP contribution >= 0.6 is 0 Å². The van der Waals surface area contributed by atoms with Crippen molar-refractivity contribution >= 4 is 17.8 Å². The Morgan fingerprint density at radius 3 is 2.58 bits per heavy atom. The maximum Gasteiger partial charge on any atom is 0.344 e. The van der Waals surface area contributed by atoms with Gasteiger partial charge < -0.3 is 10.1 Å². The summed E-state index contributed by atoms with van der Waals surface area (Å²) in [6, 6.07) is 13.0. The molecule has 0 bridgehead atoms. The molecule has 0 aromatic heterocycles. The van der Waals surface area contributed by atoms with Crippen LogP contribution in [0.15, 0.2) is 48.5 Å². The highest BCUT2D eigenvalue weighted by molar-refractivity contribution is 6.09. The molecule has 2 N–H and O–H groups in total. The van der Waals surface area contributed by atoms with Gasteiger partial charge in [0.2, 0.25) is 0 Å². The Labute approximate surface area is 150 Å². The van der Waals surface area contributed by atoms with Crippen molar-refractivity contribution in [2.75, 3.05) is 7.11 Å². The van der Waals surface area contributed by atoms with Crippen LogP contribution in [0.25, 0.3) is 0 Å². The molecule has 26 heavy (non-hydrogen) atoms. The van der Waals surface area contributed by atoms with E-state index in [1.807, 2.05) is 13.0 Å². The van der Waals surface area contributed by atoms with E-state index in [0.717, 1.165) is 5.56 Å². The number of nitrogens with zero attached hydrogens (tertiary/aromatic N) is 1. The van der Waals surface area contributed by atoms with Crippen LogP contribution in [-0.2, 0) is 10.3 Å². The first kappa shape index (κ1) is 17.5. The Kier molecular flexibility index (Phi) is 4.38. The first-order chi connectivity index (χ1) is 12.3. The van der Waals surface area contributed by atoms with E-state index in [4.69, 9.17) is 4.74 Å². The second kappa shape index (κ2) is 6.51. The monoisotopic (exact) mass is 353 g/mol. The first-order valence-electron chi connectivity index (χ1n) is 8.04. The molecule has 2 aromatic carbocycles. The summed E-state index contributed by atoms with van der Waals surface area (Å²) in [7, 11) is 1.52. The largest absolute Gasteiger partial charge is 0.497 e. The number of hydrogen-bond acceptors (Lipinski definition) is 4. The number of hydrogen-bond donors (Lipinski definition) is 2. The van der Waals surface area contributed by atoms with Crippen molar-refractivity contribution in [2.24, 2.45) is 0 Å². The molecule has 0 unspecified atom stereocenters. The van der Waals surface area contributed by atoms with Gasteiger partial charge in [0, 0.05) is 5.56 Å². The predicted octanol–water partition coefficient (Wildman–Crippen LogP) is 2.12. The number of rotatable bonds is 4. The molecule has 1 aliphatic heterocycles. The molecule has 4 amide bonds. The summed E-state index contributed by atoms with van der Waals surface area (Å²) in [6.07, 6.45) is 0. The van der Waals surface area contributed by atoms with E-state index in [0.29, 0.717) is 21.9 Å². The standard InChI is InChI=1S/C19H19N3O4/c1-12-6-4-7-13(10-12)16(23)21-22-17(24)19(2,20-18(22)25)14-8-5-9-15(11-14)26-3/h4-11H,1-3H3,(H,20,25)(H,21,23)/t19-/m1/s1. The van der Waals surface area contributed by atoms with Gasteiger partial charge in [-0.2, -0.15) is 5.01 Å². The molecule has 3 rings (SSSR count). The van der Waals surface area contributed by atoms with Gasteiger partial charge in [0.15, 0.2) is 0 Å². The van der Waals surface area contributed by atoms with Gasteiger partial charge in [0.25, 0.3) is 11.8 Å². The summed E-state index contributed by atoms with van der Waals surface area (Å²) in [6.45, 7) is 3.44. The summed E-state index contributed by atoms with van der Waals surface area (Å²) < 4.78 is 5.17. The van der Waals surface area contributed by atoms with Crippen LogP contribution < -0.4 is 15.5 Å². The summed E-state index contributed by atoms with van der Waals surface area (Å²) in [5.74, 6) is -0.545. The number of methoxy groups -OCH3 is 1.